The van der Waals surface area contributed by atoms with Crippen molar-refractivity contribution >= 4 is 15.9 Å². The number of benzene rings is 1. The van der Waals surface area contributed by atoms with Crippen molar-refractivity contribution in [2.75, 3.05) is 40.3 Å². The van der Waals surface area contributed by atoms with E-state index in [1.54, 1.807) is 19.1 Å². The van der Waals surface area contributed by atoms with Crippen LogP contribution in [0.25, 0.3) is 0 Å². The van der Waals surface area contributed by atoms with Crippen molar-refractivity contribution in [3.8, 4) is 5.75 Å². The van der Waals surface area contributed by atoms with Crippen LogP contribution in [0.5, 0.6) is 5.75 Å². The highest BCUT2D eigenvalue weighted by molar-refractivity contribution is 7.89. The molecule has 7 nitrogen and oxygen atoms in total. The maximum Gasteiger partial charge on any atom is 0.260 e. The van der Waals surface area contributed by atoms with E-state index in [1.165, 1.54) is 23.5 Å². The second-order valence-corrected chi connectivity index (χ2v) is 7.49. The first-order chi connectivity index (χ1) is 10.8. The zero-order valence-corrected chi connectivity index (χ0v) is 14.5. The fraction of sp³-hybridized carbons (Fsp3) is 0.533. The van der Waals surface area contributed by atoms with Crippen LogP contribution in [0.3, 0.4) is 0 Å². The predicted molar refractivity (Wildman–Crippen MR) is 86.9 cm³/mol. The van der Waals surface area contributed by atoms with Crippen molar-refractivity contribution in [3.63, 3.8) is 0 Å². The molecule has 1 heterocycles. The summed E-state index contributed by atoms with van der Waals surface area (Å²) in [6, 6.07) is 6.17. The lowest BCUT2D eigenvalue weighted by Gasteiger charge is -2.31. The average Bonchev–Trinajstić information content (AvgIpc) is 2.55. The lowest BCUT2D eigenvalue weighted by Crippen LogP contribution is -2.46. The summed E-state index contributed by atoms with van der Waals surface area (Å²) < 4.78 is 32.1. The van der Waals surface area contributed by atoms with Crippen molar-refractivity contribution in [2.45, 2.75) is 17.9 Å². The first-order valence-corrected chi connectivity index (χ1v) is 8.95. The van der Waals surface area contributed by atoms with Gasteiger partial charge in [-0.2, -0.15) is 4.31 Å². The second-order valence-electron chi connectivity index (χ2n) is 5.55. The molecule has 1 N–H and O–H groups in total. The van der Waals surface area contributed by atoms with Crippen LogP contribution in [0.1, 0.15) is 6.92 Å². The Labute approximate surface area is 137 Å². The SMILES string of the molecule is CNC(=O)[C@@H](C)Oc1ccc(S(=O)(=O)N2CCN(C)CC2)cc1. The minimum absolute atomic E-state index is 0.237. The number of amides is 1. The first-order valence-electron chi connectivity index (χ1n) is 7.51. The third kappa shape index (κ3) is 4.21. The van der Waals surface area contributed by atoms with Crippen molar-refractivity contribution in [2.24, 2.45) is 0 Å². The molecule has 1 aromatic carbocycles. The molecule has 1 amide bonds. The molecule has 1 atom stereocenters. The zero-order valence-electron chi connectivity index (χ0n) is 13.7. The normalized spacial score (nSPS) is 18.4. The predicted octanol–water partition coefficient (Wildman–Crippen LogP) is 0.136. The maximum atomic E-state index is 12.6. The number of piperazine rings is 1. The fourth-order valence-electron chi connectivity index (χ4n) is 2.33. The summed E-state index contributed by atoms with van der Waals surface area (Å²) >= 11 is 0. The van der Waals surface area contributed by atoms with Gasteiger partial charge in [0.05, 0.1) is 4.90 Å². The van der Waals surface area contributed by atoms with Gasteiger partial charge in [0.25, 0.3) is 5.91 Å². The maximum absolute atomic E-state index is 12.6. The minimum atomic E-state index is -3.48. The monoisotopic (exact) mass is 341 g/mol. The summed E-state index contributed by atoms with van der Waals surface area (Å²) in [4.78, 5) is 13.8. The topological polar surface area (TPSA) is 78.9 Å². The molecule has 1 aromatic rings. The summed E-state index contributed by atoms with van der Waals surface area (Å²) in [6.45, 7) is 4.07. The number of nitrogens with one attached hydrogen (secondary N) is 1. The van der Waals surface area contributed by atoms with Gasteiger partial charge in [-0.25, -0.2) is 8.42 Å². The molecule has 0 aromatic heterocycles. The number of hydrogen-bond donors (Lipinski definition) is 1. The largest absolute Gasteiger partial charge is 0.481 e. The number of nitrogens with zero attached hydrogens (tertiary/aromatic N) is 2. The average molecular weight is 341 g/mol. The third-order valence-electron chi connectivity index (χ3n) is 3.85. The van der Waals surface area contributed by atoms with Crippen molar-refractivity contribution in [1.29, 1.82) is 0 Å². The Bertz CT molecular complexity index is 637. The quantitative estimate of drug-likeness (QED) is 0.824. The molecular weight excluding hydrogens is 318 g/mol. The van der Waals surface area contributed by atoms with Gasteiger partial charge in [-0.05, 0) is 38.2 Å². The van der Waals surface area contributed by atoms with E-state index < -0.39 is 16.1 Å². The van der Waals surface area contributed by atoms with Crippen molar-refractivity contribution in [3.05, 3.63) is 24.3 Å². The molecule has 2 rings (SSSR count). The lowest BCUT2D eigenvalue weighted by molar-refractivity contribution is -0.126. The Morgan fingerprint density at radius 3 is 2.26 bits per heavy atom. The number of rotatable bonds is 5. The molecule has 1 aliphatic heterocycles. The Hall–Kier alpha value is -1.64. The molecule has 1 fully saturated rings. The van der Waals surface area contributed by atoms with Gasteiger partial charge >= 0.3 is 0 Å². The van der Waals surface area contributed by atoms with E-state index in [9.17, 15) is 13.2 Å². The number of carbonyl (C=O) groups excluding carboxylic acids is 1. The molecule has 23 heavy (non-hydrogen) atoms. The van der Waals surface area contributed by atoms with Crippen molar-refractivity contribution in [1.82, 2.24) is 14.5 Å². The number of likely N-dealkylation sites (N-methyl/N-ethyl adjacent to an activating group) is 2. The van der Waals surface area contributed by atoms with E-state index in [0.717, 1.165) is 13.1 Å². The molecule has 8 heteroatoms. The third-order valence-corrected chi connectivity index (χ3v) is 5.77. The first kappa shape index (κ1) is 17.7. The van der Waals surface area contributed by atoms with E-state index in [2.05, 4.69) is 10.2 Å². The zero-order chi connectivity index (χ0) is 17.0. The number of sulfonamides is 1. The van der Waals surface area contributed by atoms with E-state index in [-0.39, 0.29) is 10.8 Å². The Morgan fingerprint density at radius 1 is 1.17 bits per heavy atom. The summed E-state index contributed by atoms with van der Waals surface area (Å²) in [7, 11) is 0.0317. The van der Waals surface area contributed by atoms with Gasteiger partial charge in [-0.3, -0.25) is 4.79 Å². The summed E-state index contributed by atoms with van der Waals surface area (Å²) in [5.74, 6) is 0.220. The molecule has 1 aliphatic rings. The Morgan fingerprint density at radius 2 is 1.74 bits per heavy atom. The van der Waals surface area contributed by atoms with Gasteiger partial charge in [-0.1, -0.05) is 0 Å². The lowest BCUT2D eigenvalue weighted by atomic mass is 10.3. The highest BCUT2D eigenvalue weighted by Crippen LogP contribution is 2.21. The van der Waals surface area contributed by atoms with E-state index in [0.29, 0.717) is 18.8 Å². The van der Waals surface area contributed by atoms with E-state index >= 15 is 0 Å². The van der Waals surface area contributed by atoms with Gasteiger partial charge in [0.1, 0.15) is 5.75 Å². The molecule has 0 saturated carbocycles. The van der Waals surface area contributed by atoms with Crippen molar-refractivity contribution < 1.29 is 17.9 Å². The van der Waals surface area contributed by atoms with Crippen LogP contribution < -0.4 is 10.1 Å². The second kappa shape index (κ2) is 7.29. The minimum Gasteiger partial charge on any atom is -0.481 e. The Balaban J connectivity index is 2.08. The summed E-state index contributed by atoms with van der Waals surface area (Å²) in [5.41, 5.74) is 0. The molecule has 128 valence electrons. The Kier molecular flexibility index (Phi) is 5.61. The van der Waals surface area contributed by atoms with Crippen LogP contribution in [0.2, 0.25) is 0 Å². The van der Waals surface area contributed by atoms with Gasteiger partial charge in [0, 0.05) is 33.2 Å². The number of carbonyl (C=O) groups is 1. The van der Waals surface area contributed by atoms with Gasteiger partial charge in [-0.15, -0.1) is 0 Å². The van der Waals surface area contributed by atoms with E-state index in [4.69, 9.17) is 4.74 Å². The summed E-state index contributed by atoms with van der Waals surface area (Å²) in [6.07, 6.45) is -0.639. The summed E-state index contributed by atoms with van der Waals surface area (Å²) in [5, 5.41) is 2.50. The van der Waals surface area contributed by atoms with Crippen LogP contribution in [0.15, 0.2) is 29.2 Å². The molecule has 0 radical (unpaired) electrons. The smallest absolute Gasteiger partial charge is 0.260 e. The fourth-order valence-corrected chi connectivity index (χ4v) is 3.75. The van der Waals surface area contributed by atoms with Crippen LogP contribution in [-0.4, -0.2) is 69.9 Å². The molecule has 0 bridgehead atoms. The van der Waals surface area contributed by atoms with Crippen LogP contribution in [0.4, 0.5) is 0 Å². The van der Waals surface area contributed by atoms with Crippen LogP contribution in [-0.2, 0) is 14.8 Å². The number of hydrogen-bond acceptors (Lipinski definition) is 5. The van der Waals surface area contributed by atoms with Gasteiger partial charge in [0.15, 0.2) is 6.10 Å². The highest BCUT2D eigenvalue weighted by atomic mass is 32.2. The van der Waals surface area contributed by atoms with Gasteiger partial charge < -0.3 is 15.0 Å². The van der Waals surface area contributed by atoms with Crippen LogP contribution >= 0.6 is 0 Å². The molecule has 0 aliphatic carbocycles. The van der Waals surface area contributed by atoms with Gasteiger partial charge in [0.2, 0.25) is 10.0 Å². The molecule has 0 unspecified atom stereocenters. The highest BCUT2D eigenvalue weighted by Gasteiger charge is 2.27. The van der Waals surface area contributed by atoms with E-state index in [1.807, 2.05) is 7.05 Å². The molecule has 1 saturated heterocycles. The molecule has 0 spiro atoms. The standard InChI is InChI=1S/C15H23N3O4S/c1-12(15(19)16-2)22-13-4-6-14(7-5-13)23(20,21)18-10-8-17(3)9-11-18/h4-7,12H,8-11H2,1-3H3,(H,16,19)/t12-/m1/s1. The number of ether oxygens (including phenoxy) is 1. The molecular formula is C15H23N3O4S. The van der Waals surface area contributed by atoms with Crippen LogP contribution in [0, 0.1) is 0 Å².